The Morgan fingerprint density at radius 1 is 1.39 bits per heavy atom. The number of anilines is 2. The number of guanidine groups is 1. The summed E-state index contributed by atoms with van der Waals surface area (Å²) in [5, 5.41) is 3.14. The molecule has 0 spiro atoms. The van der Waals surface area contributed by atoms with Crippen LogP contribution in [0.25, 0.3) is 0 Å². The molecule has 6 heteroatoms. The second-order valence-corrected chi connectivity index (χ2v) is 6.11. The van der Waals surface area contributed by atoms with Crippen molar-refractivity contribution in [3.8, 4) is 0 Å². The van der Waals surface area contributed by atoms with Crippen LogP contribution in [0.2, 0.25) is 0 Å². The number of aromatic nitrogens is 2. The summed E-state index contributed by atoms with van der Waals surface area (Å²) < 4.78 is 2.01. The Bertz CT molecular complexity index is 684. The second-order valence-electron chi connectivity index (χ2n) is 6.11. The van der Waals surface area contributed by atoms with Crippen molar-refractivity contribution in [3.05, 3.63) is 41.7 Å². The van der Waals surface area contributed by atoms with Gasteiger partial charge in [-0.2, -0.15) is 0 Å². The lowest BCUT2D eigenvalue weighted by Gasteiger charge is -2.12. The molecule has 0 aliphatic rings. The highest BCUT2D eigenvalue weighted by atomic mass is 15.3. The topological polar surface area (TPSA) is 71.5 Å². The first kappa shape index (κ1) is 16.9. The van der Waals surface area contributed by atoms with Crippen molar-refractivity contribution < 1.29 is 0 Å². The zero-order chi connectivity index (χ0) is 17.0. The van der Waals surface area contributed by atoms with Gasteiger partial charge in [0.2, 0.25) is 5.95 Å². The average molecular weight is 314 g/mol. The summed E-state index contributed by atoms with van der Waals surface area (Å²) in [6.07, 6.45) is 1.82. The summed E-state index contributed by atoms with van der Waals surface area (Å²) in [5.41, 5.74) is 9.23. The molecule has 2 aromatic rings. The Morgan fingerprint density at radius 3 is 2.74 bits per heavy atom. The van der Waals surface area contributed by atoms with Crippen LogP contribution in [0.15, 0.2) is 35.5 Å². The van der Waals surface area contributed by atoms with E-state index in [0.29, 0.717) is 18.4 Å². The van der Waals surface area contributed by atoms with Gasteiger partial charge in [-0.25, -0.2) is 9.98 Å². The van der Waals surface area contributed by atoms with Crippen molar-refractivity contribution in [2.24, 2.45) is 17.8 Å². The van der Waals surface area contributed by atoms with Gasteiger partial charge >= 0.3 is 0 Å². The van der Waals surface area contributed by atoms with Gasteiger partial charge in [0, 0.05) is 26.8 Å². The number of hydrogen-bond acceptors (Lipinski definition) is 3. The van der Waals surface area contributed by atoms with Crippen LogP contribution in [0.1, 0.15) is 31.0 Å². The van der Waals surface area contributed by atoms with Crippen LogP contribution in [0, 0.1) is 0 Å². The highest BCUT2D eigenvalue weighted by molar-refractivity contribution is 5.92. The number of nitrogens with two attached hydrogens (primary N) is 1. The lowest BCUT2D eigenvalue weighted by molar-refractivity contribution is 0.801. The zero-order valence-corrected chi connectivity index (χ0v) is 14.5. The third-order valence-electron chi connectivity index (χ3n) is 3.70. The number of benzene rings is 1. The number of hydrogen-bond donors (Lipinski definition) is 2. The Morgan fingerprint density at radius 2 is 2.13 bits per heavy atom. The van der Waals surface area contributed by atoms with Gasteiger partial charge in [-0.3, -0.25) is 0 Å². The molecule has 0 saturated carbocycles. The number of rotatable bonds is 5. The first-order valence-corrected chi connectivity index (χ1v) is 7.73. The average Bonchev–Trinajstić information content (AvgIpc) is 2.86. The Balaban J connectivity index is 2.05. The van der Waals surface area contributed by atoms with Gasteiger partial charge < -0.3 is 20.5 Å². The minimum atomic E-state index is 0.401. The van der Waals surface area contributed by atoms with Gasteiger partial charge in [-0.1, -0.05) is 26.0 Å². The van der Waals surface area contributed by atoms with Gasteiger partial charge in [-0.15, -0.1) is 0 Å². The number of nitrogens with one attached hydrogen (secondary N) is 1. The molecule has 2 rings (SSSR count). The van der Waals surface area contributed by atoms with Crippen LogP contribution in [-0.2, 0) is 13.6 Å². The molecule has 3 N–H and O–H groups in total. The quantitative estimate of drug-likeness (QED) is 0.657. The third kappa shape index (κ3) is 4.25. The summed E-state index contributed by atoms with van der Waals surface area (Å²) in [4.78, 5) is 10.7. The molecule has 1 aromatic heterocycles. The highest BCUT2D eigenvalue weighted by Gasteiger charge is 2.07. The summed E-state index contributed by atoms with van der Waals surface area (Å²) in [6.45, 7) is 4.82. The molecular formula is C17H26N6. The van der Waals surface area contributed by atoms with E-state index in [0.717, 1.165) is 17.3 Å². The van der Waals surface area contributed by atoms with E-state index in [1.807, 2.05) is 48.9 Å². The standard InChI is InChI=1S/C17H26N6/c1-12(2)13-7-6-8-14(9-13)21-16(18)19-10-15-11-20-17(22(3)4)23(15)5/h6-9,11-12H,10H2,1-5H3,(H3,18,19,21). The largest absolute Gasteiger partial charge is 0.370 e. The summed E-state index contributed by atoms with van der Waals surface area (Å²) >= 11 is 0. The first-order chi connectivity index (χ1) is 10.9. The molecule has 0 atom stereocenters. The van der Waals surface area contributed by atoms with Crippen LogP contribution in [0.5, 0.6) is 0 Å². The van der Waals surface area contributed by atoms with E-state index in [1.165, 1.54) is 5.56 Å². The fourth-order valence-electron chi connectivity index (χ4n) is 2.33. The SMILES string of the molecule is CC(C)c1cccc(NC(N)=NCc2cnc(N(C)C)n2C)c1. The molecule has 0 amide bonds. The number of nitrogens with zero attached hydrogens (tertiary/aromatic N) is 4. The zero-order valence-electron chi connectivity index (χ0n) is 14.5. The summed E-state index contributed by atoms with van der Waals surface area (Å²) in [5.74, 6) is 1.78. The summed E-state index contributed by atoms with van der Waals surface area (Å²) in [6, 6.07) is 8.22. The molecule has 0 saturated heterocycles. The molecule has 0 unspecified atom stereocenters. The van der Waals surface area contributed by atoms with Crippen LogP contribution in [-0.4, -0.2) is 29.6 Å². The molecule has 1 heterocycles. The Labute approximate surface area is 138 Å². The lowest BCUT2D eigenvalue weighted by atomic mass is 10.0. The molecule has 23 heavy (non-hydrogen) atoms. The van der Waals surface area contributed by atoms with Gasteiger partial charge in [0.1, 0.15) is 0 Å². The van der Waals surface area contributed by atoms with Crippen LogP contribution in [0.3, 0.4) is 0 Å². The third-order valence-corrected chi connectivity index (χ3v) is 3.70. The minimum Gasteiger partial charge on any atom is -0.370 e. The summed E-state index contributed by atoms with van der Waals surface area (Å²) in [7, 11) is 5.91. The van der Waals surface area contributed by atoms with E-state index in [2.05, 4.69) is 41.3 Å². The van der Waals surface area contributed by atoms with Crippen molar-refractivity contribution in [2.75, 3.05) is 24.3 Å². The fourth-order valence-corrected chi connectivity index (χ4v) is 2.33. The van der Waals surface area contributed by atoms with Gasteiger partial charge in [0.05, 0.1) is 18.4 Å². The molecule has 6 nitrogen and oxygen atoms in total. The van der Waals surface area contributed by atoms with Crippen molar-refractivity contribution in [3.63, 3.8) is 0 Å². The predicted molar refractivity (Wildman–Crippen MR) is 97.0 cm³/mol. The second kappa shape index (κ2) is 7.17. The fraction of sp³-hybridized carbons (Fsp3) is 0.412. The molecule has 0 bridgehead atoms. The van der Waals surface area contributed by atoms with E-state index < -0.39 is 0 Å². The molecule has 0 radical (unpaired) electrons. The van der Waals surface area contributed by atoms with Crippen molar-refractivity contribution in [1.82, 2.24) is 9.55 Å². The molecule has 0 aliphatic heterocycles. The smallest absolute Gasteiger partial charge is 0.204 e. The van der Waals surface area contributed by atoms with Crippen LogP contribution >= 0.6 is 0 Å². The predicted octanol–water partition coefficient (Wildman–Crippen LogP) is 2.54. The molecule has 0 aliphatic carbocycles. The normalized spacial score (nSPS) is 11.8. The maximum Gasteiger partial charge on any atom is 0.204 e. The molecule has 1 aromatic carbocycles. The lowest BCUT2D eigenvalue weighted by Crippen LogP contribution is -2.23. The maximum absolute atomic E-state index is 6.00. The van der Waals surface area contributed by atoms with Crippen molar-refractivity contribution in [1.29, 1.82) is 0 Å². The van der Waals surface area contributed by atoms with Crippen LogP contribution in [0.4, 0.5) is 11.6 Å². The van der Waals surface area contributed by atoms with E-state index in [1.54, 1.807) is 0 Å². The van der Waals surface area contributed by atoms with Crippen molar-refractivity contribution >= 4 is 17.6 Å². The van der Waals surface area contributed by atoms with E-state index in [9.17, 15) is 0 Å². The van der Waals surface area contributed by atoms with Gasteiger partial charge in [-0.05, 0) is 23.6 Å². The van der Waals surface area contributed by atoms with E-state index >= 15 is 0 Å². The molecular weight excluding hydrogens is 288 g/mol. The van der Waals surface area contributed by atoms with E-state index in [4.69, 9.17) is 5.73 Å². The highest BCUT2D eigenvalue weighted by Crippen LogP contribution is 2.18. The van der Waals surface area contributed by atoms with Crippen LogP contribution < -0.4 is 16.0 Å². The molecule has 0 fully saturated rings. The number of aliphatic imine (C=N–C) groups is 1. The molecule has 124 valence electrons. The monoisotopic (exact) mass is 314 g/mol. The van der Waals surface area contributed by atoms with Gasteiger partial charge in [0.25, 0.3) is 0 Å². The van der Waals surface area contributed by atoms with Crippen molar-refractivity contribution in [2.45, 2.75) is 26.3 Å². The maximum atomic E-state index is 6.00. The Kier molecular flexibility index (Phi) is 5.26. The van der Waals surface area contributed by atoms with Gasteiger partial charge in [0.15, 0.2) is 5.96 Å². The van der Waals surface area contributed by atoms with E-state index in [-0.39, 0.29) is 0 Å². The first-order valence-electron chi connectivity index (χ1n) is 7.73. The minimum absolute atomic E-state index is 0.401. The number of imidazole rings is 1. The Hall–Kier alpha value is -2.50.